The first-order valence-corrected chi connectivity index (χ1v) is 7.26. The molecule has 20 heavy (non-hydrogen) atoms. The summed E-state index contributed by atoms with van der Waals surface area (Å²) < 4.78 is 0.621. The number of halogens is 1. The van der Waals surface area contributed by atoms with Crippen LogP contribution in [0.1, 0.15) is 24.2 Å². The minimum absolute atomic E-state index is 0.137. The van der Waals surface area contributed by atoms with Crippen LogP contribution in [0.4, 0.5) is 10.5 Å². The maximum atomic E-state index is 12.2. The Morgan fingerprint density at radius 1 is 1.25 bits per heavy atom. The Bertz CT molecular complexity index is 537. The minimum atomic E-state index is -1.02. The van der Waals surface area contributed by atoms with Gasteiger partial charge in [0.05, 0.1) is 5.56 Å². The summed E-state index contributed by atoms with van der Waals surface area (Å²) >= 11 is 3.25. The van der Waals surface area contributed by atoms with E-state index < -0.39 is 5.97 Å². The van der Waals surface area contributed by atoms with Crippen molar-refractivity contribution in [2.24, 2.45) is 11.8 Å². The van der Waals surface area contributed by atoms with Crippen molar-refractivity contribution in [3.63, 3.8) is 0 Å². The monoisotopic (exact) mass is 340 g/mol. The molecule has 0 spiro atoms. The van der Waals surface area contributed by atoms with Crippen LogP contribution in [-0.4, -0.2) is 35.1 Å². The lowest BCUT2D eigenvalue weighted by molar-refractivity contribution is 0.0697. The van der Waals surface area contributed by atoms with Crippen LogP contribution in [0.15, 0.2) is 22.7 Å². The minimum Gasteiger partial charge on any atom is -0.478 e. The number of aromatic carboxylic acids is 1. The molecule has 108 valence electrons. The SMILES string of the molecule is CC1CN(C(=O)Nc2cc(Br)cc(C(=O)O)c2)CC1C. The quantitative estimate of drug-likeness (QED) is 0.867. The smallest absolute Gasteiger partial charge is 0.335 e. The molecule has 0 saturated carbocycles. The first kappa shape index (κ1) is 14.8. The van der Waals surface area contributed by atoms with Crippen molar-refractivity contribution >= 4 is 33.6 Å². The predicted octanol–water partition coefficient (Wildman–Crippen LogP) is 3.27. The predicted molar refractivity (Wildman–Crippen MR) is 80.0 cm³/mol. The van der Waals surface area contributed by atoms with Gasteiger partial charge in [-0.15, -0.1) is 0 Å². The van der Waals surface area contributed by atoms with Crippen molar-refractivity contribution in [2.75, 3.05) is 18.4 Å². The van der Waals surface area contributed by atoms with Crippen LogP contribution >= 0.6 is 15.9 Å². The summed E-state index contributed by atoms with van der Waals surface area (Å²) in [4.78, 5) is 24.9. The van der Waals surface area contributed by atoms with Crippen LogP contribution in [0.3, 0.4) is 0 Å². The number of anilines is 1. The molecule has 0 aromatic heterocycles. The molecule has 1 aliphatic heterocycles. The molecule has 5 nitrogen and oxygen atoms in total. The molecule has 1 aromatic carbocycles. The topological polar surface area (TPSA) is 69.6 Å². The molecule has 0 radical (unpaired) electrons. The highest BCUT2D eigenvalue weighted by Crippen LogP contribution is 2.24. The van der Waals surface area contributed by atoms with Crippen LogP contribution in [0.25, 0.3) is 0 Å². The number of carboxylic acids is 1. The zero-order chi connectivity index (χ0) is 14.9. The Morgan fingerprint density at radius 3 is 2.40 bits per heavy atom. The van der Waals surface area contributed by atoms with E-state index in [4.69, 9.17) is 5.11 Å². The lowest BCUT2D eigenvalue weighted by Crippen LogP contribution is -2.33. The summed E-state index contributed by atoms with van der Waals surface area (Å²) in [7, 11) is 0. The molecule has 6 heteroatoms. The maximum absolute atomic E-state index is 12.2. The van der Waals surface area contributed by atoms with Crippen LogP contribution < -0.4 is 5.32 Å². The Balaban J connectivity index is 2.10. The Labute approximate surface area is 126 Å². The molecule has 1 heterocycles. The highest BCUT2D eigenvalue weighted by atomic mass is 79.9. The van der Waals surface area contributed by atoms with Crippen molar-refractivity contribution in [3.05, 3.63) is 28.2 Å². The molecule has 2 unspecified atom stereocenters. The third-order valence-electron chi connectivity index (χ3n) is 3.67. The first-order valence-electron chi connectivity index (χ1n) is 6.46. The second kappa shape index (κ2) is 5.83. The van der Waals surface area contributed by atoms with E-state index in [1.165, 1.54) is 12.1 Å². The Kier molecular flexibility index (Phi) is 4.32. The van der Waals surface area contributed by atoms with Gasteiger partial charge >= 0.3 is 12.0 Å². The zero-order valence-corrected chi connectivity index (χ0v) is 13.0. The highest BCUT2D eigenvalue weighted by Gasteiger charge is 2.29. The number of carbonyl (C=O) groups excluding carboxylic acids is 1. The maximum Gasteiger partial charge on any atom is 0.335 e. The fourth-order valence-electron chi connectivity index (χ4n) is 2.28. The number of carboxylic acid groups (broad SMARTS) is 1. The van der Waals surface area contributed by atoms with E-state index in [0.29, 0.717) is 22.0 Å². The van der Waals surface area contributed by atoms with Crippen molar-refractivity contribution in [1.29, 1.82) is 0 Å². The summed E-state index contributed by atoms with van der Waals surface area (Å²) in [6.45, 7) is 5.71. The summed E-state index contributed by atoms with van der Waals surface area (Å²) in [5.41, 5.74) is 0.617. The fourth-order valence-corrected chi connectivity index (χ4v) is 2.78. The van der Waals surface area contributed by atoms with Gasteiger partial charge in [-0.25, -0.2) is 9.59 Å². The zero-order valence-electron chi connectivity index (χ0n) is 11.4. The van der Waals surface area contributed by atoms with Crippen molar-refractivity contribution in [2.45, 2.75) is 13.8 Å². The summed E-state index contributed by atoms with van der Waals surface area (Å²) in [6.07, 6.45) is 0. The fraction of sp³-hybridized carbons (Fsp3) is 0.429. The van der Waals surface area contributed by atoms with E-state index in [0.717, 1.165) is 13.1 Å². The molecule has 1 aliphatic rings. The lowest BCUT2D eigenvalue weighted by atomic mass is 10.0. The van der Waals surface area contributed by atoms with Gasteiger partial charge in [0.25, 0.3) is 0 Å². The molecular formula is C14H17BrN2O3. The van der Waals surface area contributed by atoms with Crippen molar-refractivity contribution in [3.8, 4) is 0 Å². The number of hydrogen-bond donors (Lipinski definition) is 2. The van der Waals surface area contributed by atoms with Gasteiger partial charge in [-0.3, -0.25) is 0 Å². The molecule has 1 aromatic rings. The van der Waals surface area contributed by atoms with Gasteiger partial charge in [0, 0.05) is 23.2 Å². The number of nitrogens with zero attached hydrogens (tertiary/aromatic N) is 1. The molecule has 2 rings (SSSR count). The third kappa shape index (κ3) is 3.30. The molecular weight excluding hydrogens is 324 g/mol. The van der Waals surface area contributed by atoms with E-state index in [1.807, 2.05) is 0 Å². The molecule has 1 saturated heterocycles. The number of likely N-dealkylation sites (tertiary alicyclic amines) is 1. The molecule has 2 amide bonds. The molecule has 1 fully saturated rings. The van der Waals surface area contributed by atoms with Crippen LogP contribution in [0, 0.1) is 11.8 Å². The molecule has 2 N–H and O–H groups in total. The van der Waals surface area contributed by atoms with Crippen molar-refractivity contribution < 1.29 is 14.7 Å². The number of amides is 2. The number of urea groups is 1. The average molecular weight is 341 g/mol. The van der Waals surface area contributed by atoms with Gasteiger partial charge in [0.1, 0.15) is 0 Å². The first-order chi connectivity index (χ1) is 9.36. The average Bonchev–Trinajstić information content (AvgIpc) is 2.69. The highest BCUT2D eigenvalue weighted by molar-refractivity contribution is 9.10. The summed E-state index contributed by atoms with van der Waals surface area (Å²) in [5.74, 6) is -0.0547. The van der Waals surface area contributed by atoms with Crippen LogP contribution in [0.2, 0.25) is 0 Å². The normalized spacial score (nSPS) is 21.9. The standard InChI is InChI=1S/C14H17BrN2O3/c1-8-6-17(7-9(8)2)14(20)16-12-4-10(13(18)19)3-11(15)5-12/h3-5,8-9H,6-7H2,1-2H3,(H,16,20)(H,18,19). The van der Waals surface area contributed by atoms with E-state index in [-0.39, 0.29) is 11.6 Å². The second-order valence-electron chi connectivity index (χ2n) is 5.32. The van der Waals surface area contributed by atoms with Crippen LogP contribution in [0.5, 0.6) is 0 Å². The van der Waals surface area contributed by atoms with E-state index in [2.05, 4.69) is 35.1 Å². The Morgan fingerprint density at radius 2 is 1.85 bits per heavy atom. The van der Waals surface area contributed by atoms with E-state index in [9.17, 15) is 9.59 Å². The van der Waals surface area contributed by atoms with Gasteiger partial charge in [0.15, 0.2) is 0 Å². The number of rotatable bonds is 2. The van der Waals surface area contributed by atoms with E-state index in [1.54, 1.807) is 11.0 Å². The number of hydrogen-bond acceptors (Lipinski definition) is 2. The largest absolute Gasteiger partial charge is 0.478 e. The molecule has 0 bridgehead atoms. The second-order valence-corrected chi connectivity index (χ2v) is 6.24. The third-order valence-corrected chi connectivity index (χ3v) is 4.13. The number of carbonyl (C=O) groups is 2. The number of benzene rings is 1. The molecule has 2 atom stereocenters. The van der Waals surface area contributed by atoms with Gasteiger partial charge in [0.2, 0.25) is 0 Å². The Hall–Kier alpha value is -1.56. The summed E-state index contributed by atoms with van der Waals surface area (Å²) in [5, 5.41) is 11.8. The summed E-state index contributed by atoms with van der Waals surface area (Å²) in [6, 6.07) is 4.45. The number of nitrogens with one attached hydrogen (secondary N) is 1. The van der Waals surface area contributed by atoms with Gasteiger partial charge in [-0.05, 0) is 30.0 Å². The van der Waals surface area contributed by atoms with Crippen molar-refractivity contribution in [1.82, 2.24) is 4.90 Å². The van der Waals surface area contributed by atoms with Gasteiger partial charge < -0.3 is 15.3 Å². The van der Waals surface area contributed by atoms with Gasteiger partial charge in [-0.1, -0.05) is 29.8 Å². The van der Waals surface area contributed by atoms with Crippen LogP contribution in [-0.2, 0) is 0 Å². The van der Waals surface area contributed by atoms with E-state index >= 15 is 0 Å². The lowest BCUT2D eigenvalue weighted by Gasteiger charge is -2.17. The van der Waals surface area contributed by atoms with Gasteiger partial charge in [-0.2, -0.15) is 0 Å². The molecule has 0 aliphatic carbocycles.